The van der Waals surface area contributed by atoms with Gasteiger partial charge in [-0.1, -0.05) is 19.9 Å². The van der Waals surface area contributed by atoms with Gasteiger partial charge in [-0.3, -0.25) is 0 Å². The molecule has 0 aromatic heterocycles. The molecule has 0 bridgehead atoms. The van der Waals surface area contributed by atoms with E-state index in [0.717, 1.165) is 30.7 Å². The number of hydrogen-bond acceptors (Lipinski definition) is 3. The lowest BCUT2D eigenvalue weighted by Gasteiger charge is -2.31. The lowest BCUT2D eigenvalue weighted by Crippen LogP contribution is -2.46. The molecule has 1 fully saturated rings. The Bertz CT molecular complexity index is 513. The van der Waals surface area contributed by atoms with Crippen molar-refractivity contribution in [3.63, 3.8) is 0 Å². The van der Waals surface area contributed by atoms with Crippen LogP contribution in [0.25, 0.3) is 0 Å². The molecule has 0 heterocycles. The highest BCUT2D eigenvalue weighted by molar-refractivity contribution is 5.83. The van der Waals surface area contributed by atoms with E-state index in [1.807, 2.05) is 24.3 Å². The molecule has 2 rings (SSSR count). The van der Waals surface area contributed by atoms with Crippen LogP contribution in [-0.2, 0) is 4.79 Å². The maximum Gasteiger partial charge on any atom is 0.329 e. The Labute approximate surface area is 126 Å². The van der Waals surface area contributed by atoms with E-state index in [1.165, 1.54) is 0 Å². The van der Waals surface area contributed by atoms with Crippen molar-refractivity contribution in [1.82, 2.24) is 0 Å². The Kier molecular flexibility index (Phi) is 4.45. The van der Waals surface area contributed by atoms with Crippen LogP contribution in [0.15, 0.2) is 24.3 Å². The first-order valence-electron chi connectivity index (χ1n) is 7.53. The number of nitrogens with one attached hydrogen (secondary N) is 1. The zero-order valence-corrected chi connectivity index (χ0v) is 13.1. The second-order valence-electron chi connectivity index (χ2n) is 6.76. The van der Waals surface area contributed by atoms with Gasteiger partial charge >= 0.3 is 5.97 Å². The van der Waals surface area contributed by atoms with Gasteiger partial charge in [0.2, 0.25) is 0 Å². The van der Waals surface area contributed by atoms with Crippen molar-refractivity contribution in [3.05, 3.63) is 24.3 Å². The van der Waals surface area contributed by atoms with Crippen LogP contribution in [-0.4, -0.2) is 23.7 Å². The van der Waals surface area contributed by atoms with E-state index in [9.17, 15) is 9.90 Å². The molecule has 1 saturated carbocycles. The van der Waals surface area contributed by atoms with Gasteiger partial charge in [0.25, 0.3) is 0 Å². The van der Waals surface area contributed by atoms with Crippen LogP contribution < -0.4 is 10.1 Å². The smallest absolute Gasteiger partial charge is 0.329 e. The van der Waals surface area contributed by atoms with Crippen molar-refractivity contribution in [2.75, 3.05) is 12.4 Å². The maximum absolute atomic E-state index is 11.9. The third kappa shape index (κ3) is 3.69. The molecule has 1 aliphatic rings. The average Bonchev–Trinajstić information content (AvgIpc) is 2.59. The van der Waals surface area contributed by atoms with Crippen LogP contribution in [0.4, 0.5) is 5.69 Å². The van der Waals surface area contributed by atoms with Crippen LogP contribution in [0.5, 0.6) is 5.75 Å². The summed E-state index contributed by atoms with van der Waals surface area (Å²) < 4.78 is 5.21. The molecule has 2 N–H and O–H groups in total. The van der Waals surface area contributed by atoms with E-state index < -0.39 is 11.5 Å². The Hall–Kier alpha value is -1.71. The molecule has 1 aromatic rings. The first-order valence-corrected chi connectivity index (χ1v) is 7.53. The number of rotatable bonds is 4. The van der Waals surface area contributed by atoms with E-state index in [0.29, 0.717) is 12.8 Å². The monoisotopic (exact) mass is 291 g/mol. The van der Waals surface area contributed by atoms with Crippen LogP contribution in [0.3, 0.4) is 0 Å². The zero-order valence-electron chi connectivity index (χ0n) is 13.1. The highest BCUT2D eigenvalue weighted by Gasteiger charge is 2.41. The molecule has 1 unspecified atom stereocenters. The van der Waals surface area contributed by atoms with E-state index in [1.54, 1.807) is 7.11 Å². The summed E-state index contributed by atoms with van der Waals surface area (Å²) in [6.07, 6.45) is 4.21. The largest absolute Gasteiger partial charge is 0.497 e. The second-order valence-corrected chi connectivity index (χ2v) is 6.76. The number of aliphatic carboxylic acids is 1. The molecule has 1 aromatic carbocycles. The van der Waals surface area contributed by atoms with Gasteiger partial charge < -0.3 is 15.2 Å². The highest BCUT2D eigenvalue weighted by Crippen LogP contribution is 2.40. The molecule has 0 aliphatic heterocycles. The fourth-order valence-electron chi connectivity index (χ4n) is 3.04. The summed E-state index contributed by atoms with van der Waals surface area (Å²) >= 11 is 0. The normalized spacial score (nSPS) is 24.9. The topological polar surface area (TPSA) is 58.6 Å². The van der Waals surface area contributed by atoms with Crippen LogP contribution in [0.2, 0.25) is 0 Å². The Morgan fingerprint density at radius 1 is 1.24 bits per heavy atom. The number of methoxy groups -OCH3 is 1. The SMILES string of the molecule is COc1cccc(NC2(C(=O)O)CCCC(C)(C)CC2)c1. The van der Waals surface area contributed by atoms with Crippen LogP contribution >= 0.6 is 0 Å². The van der Waals surface area contributed by atoms with E-state index >= 15 is 0 Å². The molecule has 21 heavy (non-hydrogen) atoms. The number of benzene rings is 1. The van der Waals surface area contributed by atoms with Crippen molar-refractivity contribution >= 4 is 11.7 Å². The minimum absolute atomic E-state index is 0.216. The molecular weight excluding hydrogens is 266 g/mol. The minimum atomic E-state index is -0.875. The van der Waals surface area contributed by atoms with Gasteiger partial charge in [0.15, 0.2) is 0 Å². The lowest BCUT2D eigenvalue weighted by atomic mass is 9.83. The first kappa shape index (κ1) is 15.7. The number of ether oxygens (including phenoxy) is 1. The molecule has 0 amide bonds. The molecule has 116 valence electrons. The summed E-state index contributed by atoms with van der Waals surface area (Å²) in [6, 6.07) is 7.47. The number of hydrogen-bond donors (Lipinski definition) is 2. The fraction of sp³-hybridized carbons (Fsp3) is 0.588. The Balaban J connectivity index is 2.24. The molecule has 0 radical (unpaired) electrons. The second kappa shape index (κ2) is 5.96. The third-order valence-electron chi connectivity index (χ3n) is 4.55. The van der Waals surface area contributed by atoms with Gasteiger partial charge in [0.05, 0.1) is 7.11 Å². The number of carbonyl (C=O) groups is 1. The minimum Gasteiger partial charge on any atom is -0.497 e. The Morgan fingerprint density at radius 2 is 2.00 bits per heavy atom. The molecule has 4 heteroatoms. The first-order chi connectivity index (χ1) is 9.87. The summed E-state index contributed by atoms with van der Waals surface area (Å²) in [5.74, 6) is -0.0301. The number of carboxylic acids is 1. The Morgan fingerprint density at radius 3 is 2.67 bits per heavy atom. The van der Waals surface area contributed by atoms with Crippen molar-refractivity contribution in [2.45, 2.75) is 51.5 Å². The molecule has 0 saturated heterocycles. The summed E-state index contributed by atoms with van der Waals surface area (Å²) in [5.41, 5.74) is 0.143. The summed E-state index contributed by atoms with van der Waals surface area (Å²) in [4.78, 5) is 11.9. The van der Waals surface area contributed by atoms with Crippen molar-refractivity contribution in [2.24, 2.45) is 5.41 Å². The van der Waals surface area contributed by atoms with E-state index in [-0.39, 0.29) is 5.41 Å². The summed E-state index contributed by atoms with van der Waals surface area (Å²) in [6.45, 7) is 4.44. The van der Waals surface area contributed by atoms with Gasteiger partial charge in [0.1, 0.15) is 11.3 Å². The van der Waals surface area contributed by atoms with Crippen LogP contribution in [0, 0.1) is 5.41 Å². The molecule has 4 nitrogen and oxygen atoms in total. The fourth-order valence-corrected chi connectivity index (χ4v) is 3.04. The number of carboxylic acid groups (broad SMARTS) is 1. The number of anilines is 1. The van der Waals surface area contributed by atoms with Gasteiger partial charge in [-0.15, -0.1) is 0 Å². The van der Waals surface area contributed by atoms with Crippen molar-refractivity contribution in [3.8, 4) is 5.75 Å². The lowest BCUT2D eigenvalue weighted by molar-refractivity contribution is -0.142. The average molecular weight is 291 g/mol. The van der Waals surface area contributed by atoms with Gasteiger partial charge in [0, 0.05) is 11.8 Å². The van der Waals surface area contributed by atoms with Gasteiger partial charge in [-0.25, -0.2) is 4.79 Å². The summed E-state index contributed by atoms with van der Waals surface area (Å²) in [7, 11) is 1.61. The standard InChI is InChI=1S/C17H25NO3/c1-16(2)8-5-9-17(11-10-16,15(19)20)18-13-6-4-7-14(12-13)21-3/h4,6-7,12,18H,5,8-11H2,1-3H3,(H,19,20). The third-order valence-corrected chi connectivity index (χ3v) is 4.55. The zero-order chi connectivity index (χ0) is 15.5. The summed E-state index contributed by atoms with van der Waals surface area (Å²) in [5, 5.41) is 13.0. The van der Waals surface area contributed by atoms with Gasteiger partial charge in [-0.2, -0.15) is 0 Å². The molecule has 1 atom stereocenters. The molecule has 1 aliphatic carbocycles. The molecular formula is C17H25NO3. The van der Waals surface area contributed by atoms with Crippen LogP contribution in [0.1, 0.15) is 46.0 Å². The van der Waals surface area contributed by atoms with E-state index in [4.69, 9.17) is 4.74 Å². The maximum atomic E-state index is 11.9. The van der Waals surface area contributed by atoms with Crippen molar-refractivity contribution in [1.29, 1.82) is 0 Å². The quantitative estimate of drug-likeness (QED) is 0.825. The van der Waals surface area contributed by atoms with Gasteiger partial charge in [-0.05, 0) is 49.7 Å². The predicted molar refractivity (Wildman–Crippen MR) is 83.8 cm³/mol. The van der Waals surface area contributed by atoms with E-state index in [2.05, 4.69) is 19.2 Å². The highest BCUT2D eigenvalue weighted by atomic mass is 16.5. The predicted octanol–water partition coefficient (Wildman–Crippen LogP) is 3.92. The van der Waals surface area contributed by atoms with Crippen molar-refractivity contribution < 1.29 is 14.6 Å². The molecule has 0 spiro atoms.